The Bertz CT molecular complexity index is 1100. The molecule has 4 unspecified atom stereocenters. The van der Waals surface area contributed by atoms with E-state index in [0.717, 1.165) is 67.4 Å². The third-order valence-electron chi connectivity index (χ3n) is 10.7. The number of benzene rings is 1. The summed E-state index contributed by atoms with van der Waals surface area (Å²) in [7, 11) is 2.04. The Morgan fingerprint density at radius 3 is 1.93 bits per heavy atom. The molecule has 0 aromatic heterocycles. The molecule has 0 amide bonds. The summed E-state index contributed by atoms with van der Waals surface area (Å²) in [4.78, 5) is 22.3. The average Bonchev–Trinajstić information content (AvgIpc) is 3.74. The molecule has 2 aliphatic rings. The summed E-state index contributed by atoms with van der Waals surface area (Å²) in [6.45, 7) is 28.5. The zero-order valence-electron chi connectivity index (χ0n) is 40.0. The van der Waals surface area contributed by atoms with Crippen LogP contribution in [-0.2, 0) is 9.59 Å². The van der Waals surface area contributed by atoms with Gasteiger partial charge in [0.1, 0.15) is 12.1 Å². The molecule has 0 bridgehead atoms. The van der Waals surface area contributed by atoms with Crippen molar-refractivity contribution in [2.75, 3.05) is 25.9 Å². The van der Waals surface area contributed by atoms with Crippen LogP contribution < -0.4 is 11.1 Å². The number of aldehydes is 1. The first kappa shape index (κ1) is 59.4. The SMILES string of the molecule is CCCC(CCC(C)CC)N1CCCC1.CCCC1=CC=CCC1NC.CCCC=O.CCCCC(C)=O.CCCCC(C)CCC.Cc1cc(C)c(N)c(Cl)c1. The highest BCUT2D eigenvalue weighted by atomic mass is 35.5. The van der Waals surface area contributed by atoms with Gasteiger partial charge in [-0.1, -0.05) is 162 Å². The van der Waals surface area contributed by atoms with Gasteiger partial charge in [-0.3, -0.25) is 0 Å². The van der Waals surface area contributed by atoms with E-state index in [2.05, 4.69) is 83.8 Å². The number of anilines is 1. The van der Waals surface area contributed by atoms with Gasteiger partial charge in [-0.15, -0.1) is 0 Å². The lowest BCUT2D eigenvalue weighted by Crippen LogP contribution is -2.32. The molecule has 1 heterocycles. The van der Waals surface area contributed by atoms with Gasteiger partial charge in [0.05, 0.1) is 10.7 Å². The third-order valence-corrected chi connectivity index (χ3v) is 11.0. The van der Waals surface area contributed by atoms with Crippen molar-refractivity contribution in [2.24, 2.45) is 11.8 Å². The Labute approximate surface area is 361 Å². The Hall–Kier alpha value is -1.95. The first-order valence-corrected chi connectivity index (χ1v) is 23.9. The van der Waals surface area contributed by atoms with Gasteiger partial charge >= 0.3 is 0 Å². The number of ketones is 1. The van der Waals surface area contributed by atoms with E-state index in [-0.39, 0.29) is 0 Å². The summed E-state index contributed by atoms with van der Waals surface area (Å²) in [6, 6.07) is 5.37. The van der Waals surface area contributed by atoms with Gasteiger partial charge in [-0.05, 0) is 128 Å². The van der Waals surface area contributed by atoms with E-state index in [9.17, 15) is 9.59 Å². The molecule has 6 heteroatoms. The van der Waals surface area contributed by atoms with Crippen LogP contribution in [0.3, 0.4) is 0 Å². The minimum absolute atomic E-state index is 0.307. The van der Waals surface area contributed by atoms with Gasteiger partial charge in [0.15, 0.2) is 0 Å². The number of likely N-dealkylation sites (N-methyl/N-ethyl adjacent to an activating group) is 1. The maximum Gasteiger partial charge on any atom is 0.129 e. The number of nitrogens with zero attached hydrogens (tertiary/aromatic N) is 1. The standard InChI is InChI=1S/C14H29N.C10H17N.C9H20.C8H10ClN.C6H12O.C4H8O/c1-4-8-14(10-9-13(3)5-2)15-11-6-7-12-15;1-3-6-9-7-4-5-8-10(9)11-2;1-4-6-8-9(3)7-5-2;1-5-3-6(2)8(10)7(9)4-5;1-3-4-5-6(2)7;1-2-3-4-5/h13-14H,4-12H2,1-3H3;4-5,7,10-11H,3,6,8H2,1-2H3;9H,4-8H2,1-3H3;3-4H,10H2,1-2H3;3-5H2,1-2H3;4H,2-3H2,1H3. The quantitative estimate of drug-likeness (QED) is 0.101. The lowest BCUT2D eigenvalue weighted by atomic mass is 9.95. The predicted molar refractivity (Wildman–Crippen MR) is 258 cm³/mol. The topological polar surface area (TPSA) is 75.4 Å². The number of halogens is 1. The monoisotopic (exact) mass is 818 g/mol. The van der Waals surface area contributed by atoms with E-state index in [4.69, 9.17) is 17.3 Å². The Morgan fingerprint density at radius 1 is 0.860 bits per heavy atom. The summed E-state index contributed by atoms with van der Waals surface area (Å²) in [5.74, 6) is 2.20. The number of nitrogens with one attached hydrogen (secondary N) is 1. The molecular weight excluding hydrogens is 722 g/mol. The predicted octanol–water partition coefficient (Wildman–Crippen LogP) is 15.2. The number of Topliss-reactive ketones (excluding diaryl/α,β-unsaturated/α-hetero) is 1. The number of rotatable bonds is 20. The van der Waals surface area contributed by atoms with Crippen LogP contribution in [0.4, 0.5) is 5.69 Å². The van der Waals surface area contributed by atoms with Gasteiger partial charge < -0.3 is 25.5 Å². The first-order valence-electron chi connectivity index (χ1n) is 23.5. The third kappa shape index (κ3) is 35.7. The van der Waals surface area contributed by atoms with Crippen molar-refractivity contribution in [2.45, 2.75) is 224 Å². The molecule has 0 spiro atoms. The van der Waals surface area contributed by atoms with Crippen LogP contribution >= 0.6 is 11.6 Å². The van der Waals surface area contributed by atoms with Crippen LogP contribution in [-0.4, -0.2) is 49.2 Å². The highest BCUT2D eigenvalue weighted by molar-refractivity contribution is 6.33. The average molecular weight is 819 g/mol. The second kappa shape index (κ2) is 42.2. The zero-order chi connectivity index (χ0) is 43.9. The summed E-state index contributed by atoms with van der Waals surface area (Å²) in [5, 5.41) is 3.97. The van der Waals surface area contributed by atoms with Gasteiger partial charge in [-0.25, -0.2) is 0 Å². The number of likely N-dealkylation sites (tertiary alicyclic amines) is 1. The maximum absolute atomic E-state index is 10.2. The number of hydrogen-bond acceptors (Lipinski definition) is 5. The molecular formula is C51H96ClN3O2. The fourth-order valence-electron chi connectivity index (χ4n) is 6.81. The number of nitrogen functional groups attached to an aromatic ring is 1. The van der Waals surface area contributed by atoms with Crippen molar-refractivity contribution in [1.82, 2.24) is 10.2 Å². The van der Waals surface area contributed by atoms with E-state index in [0.29, 0.717) is 29.0 Å². The van der Waals surface area contributed by atoms with Crippen molar-refractivity contribution in [3.63, 3.8) is 0 Å². The zero-order valence-corrected chi connectivity index (χ0v) is 40.8. The Kier molecular flexibility index (Phi) is 43.9. The molecule has 5 nitrogen and oxygen atoms in total. The van der Waals surface area contributed by atoms with Crippen molar-refractivity contribution in [3.8, 4) is 0 Å². The van der Waals surface area contributed by atoms with E-state index < -0.39 is 0 Å². The van der Waals surface area contributed by atoms with E-state index >= 15 is 0 Å². The minimum Gasteiger partial charge on any atom is -0.397 e. The maximum atomic E-state index is 10.2. The Balaban J connectivity index is -0.000000633. The smallest absolute Gasteiger partial charge is 0.129 e. The second-order valence-corrected chi connectivity index (χ2v) is 17.0. The number of carbonyl (C=O) groups is 2. The number of carbonyl (C=O) groups excluding carboxylic acids is 2. The molecule has 57 heavy (non-hydrogen) atoms. The molecule has 0 saturated carbocycles. The molecule has 1 saturated heterocycles. The highest BCUT2D eigenvalue weighted by Crippen LogP contribution is 2.24. The van der Waals surface area contributed by atoms with Gasteiger partial charge in [-0.2, -0.15) is 0 Å². The normalized spacial score (nSPS) is 15.9. The van der Waals surface area contributed by atoms with Gasteiger partial charge in [0.25, 0.3) is 0 Å². The van der Waals surface area contributed by atoms with Crippen molar-refractivity contribution < 1.29 is 9.59 Å². The fraction of sp³-hybridized carbons (Fsp3) is 0.765. The second-order valence-electron chi connectivity index (χ2n) is 16.5. The van der Waals surface area contributed by atoms with Crippen LogP contribution in [0.2, 0.25) is 5.02 Å². The molecule has 334 valence electrons. The largest absolute Gasteiger partial charge is 0.397 e. The van der Waals surface area contributed by atoms with E-state index in [1.165, 1.54) is 103 Å². The van der Waals surface area contributed by atoms with Crippen molar-refractivity contribution in [3.05, 3.63) is 52.1 Å². The van der Waals surface area contributed by atoms with Crippen molar-refractivity contribution >= 4 is 29.4 Å². The number of allylic oxidation sites excluding steroid dienone is 2. The van der Waals surface area contributed by atoms with E-state index in [1.807, 2.05) is 40.0 Å². The first-order chi connectivity index (χ1) is 27.3. The molecule has 1 aromatic carbocycles. The number of unbranched alkanes of at least 4 members (excludes halogenated alkanes) is 3. The van der Waals surface area contributed by atoms with Crippen LogP contribution in [0.5, 0.6) is 0 Å². The minimum atomic E-state index is 0.307. The molecule has 1 aliphatic carbocycles. The molecule has 1 fully saturated rings. The number of nitrogens with two attached hydrogens (primary N) is 1. The summed E-state index contributed by atoms with van der Waals surface area (Å²) < 4.78 is 0. The molecule has 0 radical (unpaired) electrons. The van der Waals surface area contributed by atoms with Crippen LogP contribution in [0, 0.1) is 25.7 Å². The summed E-state index contributed by atoms with van der Waals surface area (Å²) in [6.07, 6.45) is 32.6. The van der Waals surface area contributed by atoms with Crippen LogP contribution in [0.15, 0.2) is 35.9 Å². The molecule has 1 aliphatic heterocycles. The van der Waals surface area contributed by atoms with Crippen LogP contribution in [0.25, 0.3) is 0 Å². The lowest BCUT2D eigenvalue weighted by molar-refractivity contribution is -0.117. The van der Waals surface area contributed by atoms with Crippen molar-refractivity contribution in [1.29, 1.82) is 0 Å². The van der Waals surface area contributed by atoms with Gasteiger partial charge in [0, 0.05) is 24.9 Å². The number of aryl methyl sites for hydroxylation is 2. The summed E-state index contributed by atoms with van der Waals surface area (Å²) >= 11 is 5.79. The molecule has 4 atom stereocenters. The summed E-state index contributed by atoms with van der Waals surface area (Å²) in [5.41, 5.74) is 10.1. The highest BCUT2D eigenvalue weighted by Gasteiger charge is 2.21. The Morgan fingerprint density at radius 2 is 1.49 bits per heavy atom. The molecule has 1 aromatic rings. The molecule has 3 N–H and O–H groups in total. The fourth-order valence-corrected chi connectivity index (χ4v) is 7.14. The van der Waals surface area contributed by atoms with Gasteiger partial charge in [0.2, 0.25) is 0 Å². The molecule has 3 rings (SSSR count). The lowest BCUT2D eigenvalue weighted by Gasteiger charge is -2.28. The van der Waals surface area contributed by atoms with E-state index in [1.54, 1.807) is 12.5 Å². The number of hydrogen-bond donors (Lipinski definition) is 2. The van der Waals surface area contributed by atoms with Crippen LogP contribution in [0.1, 0.15) is 209 Å².